The largest absolute Gasteiger partial charge is 0.328 e. The van der Waals surface area contributed by atoms with Crippen LogP contribution >= 0.6 is 0 Å². The summed E-state index contributed by atoms with van der Waals surface area (Å²) in [6.45, 7) is 3.42. The van der Waals surface area contributed by atoms with Crippen molar-refractivity contribution in [1.82, 2.24) is 4.98 Å². The predicted octanol–water partition coefficient (Wildman–Crippen LogP) is 2.47. The van der Waals surface area contributed by atoms with Gasteiger partial charge >= 0.3 is 0 Å². The van der Waals surface area contributed by atoms with Crippen LogP contribution in [0, 0.1) is 17.1 Å². The van der Waals surface area contributed by atoms with Crippen molar-refractivity contribution in [2.45, 2.75) is 19.3 Å². The third kappa shape index (κ3) is 1.92. The minimum absolute atomic E-state index is 0.288. The first kappa shape index (κ1) is 11.3. The normalized spacial score (nSPS) is 11.4. The number of rotatable bonds is 1. The molecule has 86 valence electrons. The van der Waals surface area contributed by atoms with Gasteiger partial charge in [0.25, 0.3) is 0 Å². The number of H-pyrrole nitrogens is 1. The highest BCUT2D eigenvalue weighted by Crippen LogP contribution is 2.27. The van der Waals surface area contributed by atoms with E-state index < -0.39 is 11.2 Å². The lowest BCUT2D eigenvalue weighted by molar-refractivity contribution is 0.623. The molecule has 0 aliphatic heterocycles. The Kier molecular flexibility index (Phi) is 2.47. The van der Waals surface area contributed by atoms with Crippen molar-refractivity contribution in [3.05, 3.63) is 46.1 Å². The highest BCUT2D eigenvalue weighted by atomic mass is 19.1. The highest BCUT2D eigenvalue weighted by Gasteiger charge is 2.21. The minimum Gasteiger partial charge on any atom is -0.328 e. The number of fused-ring (bicyclic) bond motifs is 1. The van der Waals surface area contributed by atoms with Crippen LogP contribution in [0.2, 0.25) is 0 Å². The zero-order chi connectivity index (χ0) is 12.6. The molecule has 0 aliphatic carbocycles. The molecule has 0 spiro atoms. The van der Waals surface area contributed by atoms with Crippen LogP contribution in [0.1, 0.15) is 19.4 Å². The van der Waals surface area contributed by atoms with Gasteiger partial charge in [-0.1, -0.05) is 0 Å². The number of halogens is 1. The predicted molar refractivity (Wildman–Crippen MR) is 63.2 cm³/mol. The topological polar surface area (TPSA) is 56.6 Å². The van der Waals surface area contributed by atoms with Gasteiger partial charge < -0.3 is 4.98 Å². The molecule has 1 aromatic heterocycles. The smallest absolute Gasteiger partial charge is 0.248 e. The first-order valence-corrected chi connectivity index (χ1v) is 5.18. The van der Waals surface area contributed by atoms with Gasteiger partial charge in [-0.2, -0.15) is 5.26 Å². The molecule has 0 bridgehead atoms. The van der Waals surface area contributed by atoms with E-state index in [1.54, 1.807) is 19.9 Å². The van der Waals surface area contributed by atoms with Crippen molar-refractivity contribution in [2.24, 2.45) is 0 Å². The first-order valence-electron chi connectivity index (χ1n) is 5.18. The Morgan fingerprint density at radius 1 is 1.35 bits per heavy atom. The maximum Gasteiger partial charge on any atom is 0.248 e. The summed E-state index contributed by atoms with van der Waals surface area (Å²) in [4.78, 5) is 13.6. The number of pyridine rings is 1. The number of benzene rings is 1. The van der Waals surface area contributed by atoms with Gasteiger partial charge in [-0.3, -0.25) is 4.79 Å². The molecule has 4 heteroatoms. The molecule has 0 aliphatic rings. The lowest BCUT2D eigenvalue weighted by atomic mass is 9.85. The number of hydrogen-bond acceptors (Lipinski definition) is 2. The molecule has 0 fully saturated rings. The summed E-state index contributed by atoms with van der Waals surface area (Å²) in [6, 6.07) is 6.45. The standard InChI is InChI=1S/C13H11FN2O/c1-13(2,7-15)9-3-8-4-12(17)16-6-10(8)11(14)5-9/h3-6H,1-2H3,(H,16,17). The summed E-state index contributed by atoms with van der Waals surface area (Å²) in [5.41, 5.74) is -0.503. The Labute approximate surface area is 97.5 Å². The van der Waals surface area contributed by atoms with Gasteiger partial charge in [-0.05, 0) is 36.9 Å². The summed E-state index contributed by atoms with van der Waals surface area (Å²) in [5.74, 6) is -0.433. The maximum atomic E-state index is 13.8. The monoisotopic (exact) mass is 230 g/mol. The van der Waals surface area contributed by atoms with Gasteiger partial charge in [0, 0.05) is 17.6 Å². The summed E-state index contributed by atoms with van der Waals surface area (Å²) >= 11 is 0. The summed E-state index contributed by atoms with van der Waals surface area (Å²) in [6.07, 6.45) is 1.34. The molecule has 1 heterocycles. The lowest BCUT2D eigenvalue weighted by Gasteiger charge is -2.16. The molecule has 0 saturated heterocycles. The number of nitrogens with zero attached hydrogens (tertiary/aromatic N) is 1. The molecule has 2 rings (SSSR count). The quantitative estimate of drug-likeness (QED) is 0.818. The molecule has 1 aromatic carbocycles. The Morgan fingerprint density at radius 3 is 2.71 bits per heavy atom. The maximum absolute atomic E-state index is 13.8. The zero-order valence-electron chi connectivity index (χ0n) is 9.54. The summed E-state index contributed by atoms with van der Waals surface area (Å²) < 4.78 is 13.8. The van der Waals surface area contributed by atoms with Gasteiger partial charge in [0.15, 0.2) is 0 Å². The van der Waals surface area contributed by atoms with Crippen molar-refractivity contribution < 1.29 is 4.39 Å². The number of aromatic amines is 1. The second kappa shape index (κ2) is 3.70. The Hall–Kier alpha value is -2.15. The second-order valence-electron chi connectivity index (χ2n) is 4.50. The average molecular weight is 230 g/mol. The van der Waals surface area contributed by atoms with E-state index in [9.17, 15) is 9.18 Å². The molecular weight excluding hydrogens is 219 g/mol. The molecule has 3 nitrogen and oxygen atoms in total. The van der Waals surface area contributed by atoms with E-state index >= 15 is 0 Å². The van der Waals surface area contributed by atoms with Crippen LogP contribution in [0.4, 0.5) is 4.39 Å². The van der Waals surface area contributed by atoms with Gasteiger partial charge in [-0.15, -0.1) is 0 Å². The van der Waals surface area contributed by atoms with Crippen molar-refractivity contribution >= 4 is 10.8 Å². The van der Waals surface area contributed by atoms with Crippen LogP contribution in [0.25, 0.3) is 10.8 Å². The van der Waals surface area contributed by atoms with Crippen molar-refractivity contribution in [3.8, 4) is 6.07 Å². The van der Waals surface area contributed by atoms with Gasteiger partial charge in [0.05, 0.1) is 11.5 Å². The number of nitriles is 1. The minimum atomic E-state index is -0.780. The number of aromatic nitrogens is 1. The molecule has 0 amide bonds. The third-order valence-corrected chi connectivity index (χ3v) is 2.81. The Morgan fingerprint density at radius 2 is 2.06 bits per heavy atom. The van der Waals surface area contributed by atoms with Crippen LogP contribution in [0.15, 0.2) is 29.2 Å². The van der Waals surface area contributed by atoms with E-state index in [1.165, 1.54) is 18.3 Å². The zero-order valence-corrected chi connectivity index (χ0v) is 9.54. The fraction of sp³-hybridized carbons (Fsp3) is 0.231. The van der Waals surface area contributed by atoms with Gasteiger partial charge in [0.2, 0.25) is 5.56 Å². The highest BCUT2D eigenvalue weighted by molar-refractivity contribution is 5.83. The van der Waals surface area contributed by atoms with E-state index in [0.29, 0.717) is 16.3 Å². The molecule has 0 atom stereocenters. The number of hydrogen-bond donors (Lipinski definition) is 1. The van der Waals surface area contributed by atoms with Crippen molar-refractivity contribution in [3.63, 3.8) is 0 Å². The lowest BCUT2D eigenvalue weighted by Crippen LogP contribution is -2.14. The third-order valence-electron chi connectivity index (χ3n) is 2.81. The van der Waals surface area contributed by atoms with E-state index in [2.05, 4.69) is 11.1 Å². The van der Waals surface area contributed by atoms with Crippen molar-refractivity contribution in [1.29, 1.82) is 5.26 Å². The van der Waals surface area contributed by atoms with Gasteiger partial charge in [0.1, 0.15) is 5.82 Å². The molecule has 0 radical (unpaired) electrons. The van der Waals surface area contributed by atoms with E-state index in [4.69, 9.17) is 5.26 Å². The fourth-order valence-corrected chi connectivity index (χ4v) is 1.66. The number of nitrogens with one attached hydrogen (secondary N) is 1. The molecule has 0 saturated carbocycles. The summed E-state index contributed by atoms with van der Waals surface area (Å²) in [5, 5.41) is 9.88. The molecular formula is C13H11FN2O. The second-order valence-corrected chi connectivity index (χ2v) is 4.50. The van der Waals surface area contributed by atoms with Crippen LogP contribution in [0.5, 0.6) is 0 Å². The molecule has 2 aromatic rings. The SMILES string of the molecule is CC(C)(C#N)c1cc(F)c2c[nH]c(=O)cc2c1. The summed E-state index contributed by atoms with van der Waals surface area (Å²) in [7, 11) is 0. The molecule has 1 N–H and O–H groups in total. The average Bonchev–Trinajstić information content (AvgIpc) is 2.28. The van der Waals surface area contributed by atoms with Crippen LogP contribution < -0.4 is 5.56 Å². The first-order chi connectivity index (χ1) is 7.94. The van der Waals surface area contributed by atoms with E-state index in [0.717, 1.165) is 0 Å². The van der Waals surface area contributed by atoms with Crippen LogP contribution in [-0.4, -0.2) is 4.98 Å². The Bertz CT molecular complexity index is 680. The molecule has 0 unspecified atom stereocenters. The van der Waals surface area contributed by atoms with Crippen LogP contribution in [0.3, 0.4) is 0 Å². The van der Waals surface area contributed by atoms with E-state index in [1.807, 2.05) is 0 Å². The van der Waals surface area contributed by atoms with Crippen molar-refractivity contribution in [2.75, 3.05) is 0 Å². The van der Waals surface area contributed by atoms with E-state index in [-0.39, 0.29) is 5.56 Å². The van der Waals surface area contributed by atoms with Gasteiger partial charge in [-0.25, -0.2) is 4.39 Å². The Balaban J connectivity index is 2.80. The fourth-order valence-electron chi connectivity index (χ4n) is 1.66. The van der Waals surface area contributed by atoms with Crippen LogP contribution in [-0.2, 0) is 5.41 Å². The molecule has 17 heavy (non-hydrogen) atoms.